The van der Waals surface area contributed by atoms with Gasteiger partial charge in [-0.05, 0) is 49.3 Å². The molecule has 0 fully saturated rings. The van der Waals surface area contributed by atoms with Gasteiger partial charge in [0.1, 0.15) is 11.6 Å². The number of amides is 2. The zero-order valence-corrected chi connectivity index (χ0v) is 20.9. The molecule has 1 aromatic heterocycles. The molecular formula is C27H23BrN4O3. The van der Waals surface area contributed by atoms with Crippen LogP contribution in [0.15, 0.2) is 82.0 Å². The number of benzene rings is 2. The molecule has 176 valence electrons. The van der Waals surface area contributed by atoms with Gasteiger partial charge in [-0.3, -0.25) is 14.5 Å². The van der Waals surface area contributed by atoms with E-state index in [-0.39, 0.29) is 12.1 Å². The second-order valence-corrected chi connectivity index (χ2v) is 8.91. The van der Waals surface area contributed by atoms with Gasteiger partial charge in [0.2, 0.25) is 0 Å². The number of methoxy groups -OCH3 is 1. The maximum Gasteiger partial charge on any atom is 0.271 e. The van der Waals surface area contributed by atoms with Crippen molar-refractivity contribution >= 4 is 33.8 Å². The van der Waals surface area contributed by atoms with Crippen LogP contribution in [0.4, 0.5) is 0 Å². The number of para-hydroxylation sites is 1. The van der Waals surface area contributed by atoms with Gasteiger partial charge in [-0.1, -0.05) is 46.3 Å². The van der Waals surface area contributed by atoms with E-state index >= 15 is 0 Å². The van der Waals surface area contributed by atoms with Crippen LogP contribution in [0.1, 0.15) is 18.9 Å². The summed E-state index contributed by atoms with van der Waals surface area (Å²) in [7, 11) is 1.56. The molecule has 8 heteroatoms. The SMILES string of the molecule is COCCCN1C(=O)C(C#N)=C(C)/C(=C\c2cn(-c3ccccc3)nc2-c2ccc(Br)cc2)C1=O. The zero-order valence-electron chi connectivity index (χ0n) is 19.4. The van der Waals surface area contributed by atoms with Crippen LogP contribution in [0.2, 0.25) is 0 Å². The summed E-state index contributed by atoms with van der Waals surface area (Å²) < 4.78 is 7.75. The molecule has 2 aromatic carbocycles. The summed E-state index contributed by atoms with van der Waals surface area (Å²) in [6, 6.07) is 19.4. The number of nitriles is 1. The molecule has 0 saturated heterocycles. The Labute approximate surface area is 212 Å². The highest BCUT2D eigenvalue weighted by molar-refractivity contribution is 9.10. The topological polar surface area (TPSA) is 88.2 Å². The van der Waals surface area contributed by atoms with Gasteiger partial charge in [0, 0.05) is 47.6 Å². The normalized spacial score (nSPS) is 15.1. The fourth-order valence-corrected chi connectivity index (χ4v) is 4.16. The van der Waals surface area contributed by atoms with Crippen LogP contribution in [-0.4, -0.2) is 46.8 Å². The first-order valence-electron chi connectivity index (χ1n) is 11.0. The van der Waals surface area contributed by atoms with Crippen molar-refractivity contribution in [3.63, 3.8) is 0 Å². The van der Waals surface area contributed by atoms with Crippen molar-refractivity contribution in [1.29, 1.82) is 5.26 Å². The maximum absolute atomic E-state index is 13.4. The summed E-state index contributed by atoms with van der Waals surface area (Å²) >= 11 is 3.46. The molecule has 0 aliphatic carbocycles. The van der Waals surface area contributed by atoms with Crippen molar-refractivity contribution in [2.45, 2.75) is 13.3 Å². The molecule has 0 radical (unpaired) electrons. The smallest absolute Gasteiger partial charge is 0.271 e. The quantitative estimate of drug-likeness (QED) is 0.245. The summed E-state index contributed by atoms with van der Waals surface area (Å²) in [6.45, 7) is 2.20. The van der Waals surface area contributed by atoms with Crippen LogP contribution in [0.3, 0.4) is 0 Å². The lowest BCUT2D eigenvalue weighted by atomic mass is 9.93. The summed E-state index contributed by atoms with van der Waals surface area (Å²) in [5, 5.41) is 14.5. The van der Waals surface area contributed by atoms with Crippen molar-refractivity contribution in [2.24, 2.45) is 0 Å². The van der Waals surface area contributed by atoms with E-state index in [1.54, 1.807) is 24.8 Å². The van der Waals surface area contributed by atoms with Gasteiger partial charge in [0.05, 0.1) is 11.4 Å². The molecule has 35 heavy (non-hydrogen) atoms. The van der Waals surface area contributed by atoms with E-state index in [0.717, 1.165) is 20.6 Å². The number of aromatic nitrogens is 2. The van der Waals surface area contributed by atoms with Crippen LogP contribution in [0.25, 0.3) is 23.0 Å². The molecular weight excluding hydrogens is 508 g/mol. The lowest BCUT2D eigenvalue weighted by Gasteiger charge is -2.27. The van der Waals surface area contributed by atoms with E-state index in [4.69, 9.17) is 9.84 Å². The molecule has 0 unspecified atom stereocenters. The molecule has 0 spiro atoms. The third kappa shape index (κ3) is 5.02. The minimum Gasteiger partial charge on any atom is -0.385 e. The van der Waals surface area contributed by atoms with E-state index < -0.39 is 11.8 Å². The molecule has 2 amide bonds. The Balaban J connectivity index is 1.86. The summed E-state index contributed by atoms with van der Waals surface area (Å²) in [6.07, 6.45) is 4.04. The highest BCUT2D eigenvalue weighted by Crippen LogP contribution is 2.31. The molecule has 2 heterocycles. The van der Waals surface area contributed by atoms with Crippen LogP contribution < -0.4 is 0 Å². The first kappa shape index (κ1) is 24.3. The molecule has 0 atom stereocenters. The van der Waals surface area contributed by atoms with Crippen molar-refractivity contribution in [2.75, 3.05) is 20.3 Å². The van der Waals surface area contributed by atoms with E-state index in [9.17, 15) is 14.9 Å². The fourth-order valence-electron chi connectivity index (χ4n) is 3.89. The Kier molecular flexibility index (Phi) is 7.39. The van der Waals surface area contributed by atoms with Crippen LogP contribution in [0.5, 0.6) is 0 Å². The number of rotatable bonds is 7. The van der Waals surface area contributed by atoms with E-state index in [0.29, 0.717) is 35.4 Å². The van der Waals surface area contributed by atoms with Crippen LogP contribution in [-0.2, 0) is 14.3 Å². The second-order valence-electron chi connectivity index (χ2n) is 8.00. The van der Waals surface area contributed by atoms with Crippen molar-refractivity contribution in [1.82, 2.24) is 14.7 Å². The first-order chi connectivity index (χ1) is 16.9. The van der Waals surface area contributed by atoms with Gasteiger partial charge < -0.3 is 4.74 Å². The average molecular weight is 531 g/mol. The van der Waals surface area contributed by atoms with Gasteiger partial charge in [-0.2, -0.15) is 10.4 Å². The predicted molar refractivity (Wildman–Crippen MR) is 136 cm³/mol. The summed E-state index contributed by atoms with van der Waals surface area (Å²) in [4.78, 5) is 27.3. The summed E-state index contributed by atoms with van der Waals surface area (Å²) in [5.41, 5.74) is 3.73. The number of carbonyl (C=O) groups excluding carboxylic acids is 2. The number of hydrogen-bond acceptors (Lipinski definition) is 5. The van der Waals surface area contributed by atoms with Crippen LogP contribution in [0, 0.1) is 11.3 Å². The van der Waals surface area contributed by atoms with Gasteiger partial charge >= 0.3 is 0 Å². The monoisotopic (exact) mass is 530 g/mol. The third-order valence-corrected chi connectivity index (χ3v) is 6.27. The lowest BCUT2D eigenvalue weighted by Crippen LogP contribution is -2.43. The van der Waals surface area contributed by atoms with E-state index in [1.165, 1.54) is 0 Å². The minimum atomic E-state index is -0.573. The van der Waals surface area contributed by atoms with E-state index in [1.807, 2.05) is 66.9 Å². The van der Waals surface area contributed by atoms with Crippen molar-refractivity contribution in [3.8, 4) is 23.0 Å². The Morgan fingerprint density at radius 2 is 1.80 bits per heavy atom. The maximum atomic E-state index is 13.4. The number of halogens is 1. The van der Waals surface area contributed by atoms with Crippen molar-refractivity contribution in [3.05, 3.63) is 87.5 Å². The Bertz CT molecular complexity index is 1370. The standard InChI is InChI=1S/C27H23BrN4O3/c1-18-23(26(33)31(13-6-14-35-2)27(34)24(18)16-29)15-20-17-32(22-7-4-3-5-8-22)30-25(20)19-9-11-21(28)12-10-19/h3-5,7-12,15,17H,6,13-14H2,1-2H3/b23-15+. The van der Waals surface area contributed by atoms with Gasteiger partial charge in [0.15, 0.2) is 0 Å². The number of imide groups is 1. The number of hydrogen-bond donors (Lipinski definition) is 0. The second kappa shape index (κ2) is 10.6. The first-order valence-corrected chi connectivity index (χ1v) is 11.8. The molecule has 0 saturated carbocycles. The van der Waals surface area contributed by atoms with Crippen LogP contribution >= 0.6 is 15.9 Å². The highest BCUT2D eigenvalue weighted by atomic mass is 79.9. The number of carbonyl (C=O) groups is 2. The fraction of sp³-hybridized carbons (Fsp3) is 0.185. The lowest BCUT2D eigenvalue weighted by molar-refractivity contribution is -0.140. The largest absolute Gasteiger partial charge is 0.385 e. The molecule has 0 bridgehead atoms. The van der Waals surface area contributed by atoms with Crippen molar-refractivity contribution < 1.29 is 14.3 Å². The Hall–Kier alpha value is -3.80. The molecule has 4 rings (SSSR count). The zero-order chi connectivity index (χ0) is 24.9. The van der Waals surface area contributed by atoms with Gasteiger partial charge in [0.25, 0.3) is 11.8 Å². The number of ether oxygens (including phenoxy) is 1. The predicted octanol–water partition coefficient (Wildman–Crippen LogP) is 4.93. The Morgan fingerprint density at radius 3 is 2.46 bits per heavy atom. The molecule has 1 aliphatic rings. The van der Waals surface area contributed by atoms with E-state index in [2.05, 4.69) is 15.9 Å². The molecule has 0 N–H and O–H groups in total. The number of nitrogens with zero attached hydrogens (tertiary/aromatic N) is 4. The average Bonchev–Trinajstić information content (AvgIpc) is 3.29. The summed E-state index contributed by atoms with van der Waals surface area (Å²) in [5.74, 6) is -1.01. The molecule has 1 aliphatic heterocycles. The van der Waals surface area contributed by atoms with Gasteiger partial charge in [-0.25, -0.2) is 4.68 Å². The minimum absolute atomic E-state index is 0.0334. The highest BCUT2D eigenvalue weighted by Gasteiger charge is 2.35. The molecule has 7 nitrogen and oxygen atoms in total. The molecule has 3 aromatic rings. The van der Waals surface area contributed by atoms with Gasteiger partial charge in [-0.15, -0.1) is 0 Å². The third-order valence-electron chi connectivity index (χ3n) is 5.74. The Morgan fingerprint density at radius 1 is 1.09 bits per heavy atom.